The summed E-state index contributed by atoms with van der Waals surface area (Å²) in [5.74, 6) is -0.0429. The molecule has 2 rings (SSSR count). The zero-order valence-electron chi connectivity index (χ0n) is 9.70. The van der Waals surface area contributed by atoms with Crippen molar-refractivity contribution in [2.24, 2.45) is 0 Å². The molecule has 0 aliphatic heterocycles. The van der Waals surface area contributed by atoms with Crippen molar-refractivity contribution in [2.75, 3.05) is 0 Å². The third-order valence-electron chi connectivity index (χ3n) is 2.61. The van der Waals surface area contributed by atoms with Gasteiger partial charge in [-0.15, -0.1) is 0 Å². The van der Waals surface area contributed by atoms with Gasteiger partial charge in [0.2, 0.25) is 5.78 Å². The lowest BCUT2D eigenvalue weighted by molar-refractivity contribution is 0.103. The van der Waals surface area contributed by atoms with Crippen LogP contribution in [0.15, 0.2) is 41.0 Å². The monoisotopic (exact) mass is 289 g/mol. The number of hydrogen-bond acceptors (Lipinski definition) is 2. The number of ketones is 1. The average Bonchev–Trinajstić information content (AvgIpc) is 2.32. The molecule has 2 nitrogen and oxygen atoms in total. The first-order valence-electron chi connectivity index (χ1n) is 5.32. The van der Waals surface area contributed by atoms with Crippen molar-refractivity contribution < 1.29 is 4.79 Å². The number of hydrogen-bond donors (Lipinski definition) is 0. The van der Waals surface area contributed by atoms with Gasteiger partial charge < -0.3 is 0 Å². The molecule has 3 heteroatoms. The Morgan fingerprint density at radius 2 is 2.00 bits per heavy atom. The van der Waals surface area contributed by atoms with E-state index in [0.29, 0.717) is 11.3 Å². The number of halogens is 1. The highest BCUT2D eigenvalue weighted by Crippen LogP contribution is 2.20. The number of aromatic nitrogens is 1. The van der Waals surface area contributed by atoms with Gasteiger partial charge in [-0.25, -0.2) is 0 Å². The highest BCUT2D eigenvalue weighted by atomic mass is 79.9. The van der Waals surface area contributed by atoms with E-state index >= 15 is 0 Å². The summed E-state index contributed by atoms with van der Waals surface area (Å²) in [5.41, 5.74) is 3.22. The molecule has 1 aromatic heterocycles. The molecule has 0 atom stereocenters. The van der Waals surface area contributed by atoms with E-state index in [0.717, 1.165) is 15.6 Å². The fourth-order valence-corrected chi connectivity index (χ4v) is 2.10. The molecule has 0 spiro atoms. The van der Waals surface area contributed by atoms with Crippen LogP contribution >= 0.6 is 15.9 Å². The second-order valence-electron chi connectivity index (χ2n) is 3.98. The van der Waals surface area contributed by atoms with Crippen molar-refractivity contribution in [3.63, 3.8) is 0 Å². The molecule has 17 heavy (non-hydrogen) atoms. The zero-order chi connectivity index (χ0) is 12.4. The van der Waals surface area contributed by atoms with Crippen LogP contribution in [0.4, 0.5) is 0 Å². The van der Waals surface area contributed by atoms with Crippen molar-refractivity contribution in [3.8, 4) is 0 Å². The number of rotatable bonds is 2. The molecule has 1 aromatic carbocycles. The van der Waals surface area contributed by atoms with Gasteiger partial charge in [0.05, 0.1) is 0 Å². The van der Waals surface area contributed by atoms with Crippen molar-refractivity contribution >= 4 is 21.7 Å². The second-order valence-corrected chi connectivity index (χ2v) is 4.84. The molecule has 0 saturated heterocycles. The molecule has 0 saturated carbocycles. The molecule has 0 radical (unpaired) electrons. The first-order valence-corrected chi connectivity index (χ1v) is 6.11. The van der Waals surface area contributed by atoms with Crippen LogP contribution in [0.5, 0.6) is 0 Å². The topological polar surface area (TPSA) is 30.0 Å². The third-order valence-corrected chi connectivity index (χ3v) is 3.25. The lowest BCUT2D eigenvalue weighted by Crippen LogP contribution is -2.07. The fourth-order valence-electron chi connectivity index (χ4n) is 1.66. The number of carbonyl (C=O) groups excluding carboxylic acids is 1. The van der Waals surface area contributed by atoms with E-state index < -0.39 is 0 Å². The molecule has 0 aliphatic rings. The van der Waals surface area contributed by atoms with Crippen LogP contribution in [-0.2, 0) is 0 Å². The Morgan fingerprint density at radius 1 is 1.24 bits per heavy atom. The minimum Gasteiger partial charge on any atom is -0.287 e. The molecule has 86 valence electrons. The molecule has 0 bridgehead atoms. The van der Waals surface area contributed by atoms with Crippen LogP contribution in [0.25, 0.3) is 0 Å². The lowest BCUT2D eigenvalue weighted by Gasteiger charge is -2.06. The number of carbonyl (C=O) groups is 1. The summed E-state index contributed by atoms with van der Waals surface area (Å²) in [5, 5.41) is 0. The van der Waals surface area contributed by atoms with Gasteiger partial charge in [-0.05, 0) is 53.5 Å². The SMILES string of the molecule is Cc1ccc(C)c(C(=O)c2ncccc2Br)c1. The first kappa shape index (κ1) is 12.0. The highest BCUT2D eigenvalue weighted by molar-refractivity contribution is 9.10. The van der Waals surface area contributed by atoms with Gasteiger partial charge >= 0.3 is 0 Å². The van der Waals surface area contributed by atoms with E-state index in [1.807, 2.05) is 38.1 Å². The Hall–Kier alpha value is -1.48. The average molecular weight is 290 g/mol. The van der Waals surface area contributed by atoms with Crippen LogP contribution in [-0.4, -0.2) is 10.8 Å². The Morgan fingerprint density at radius 3 is 2.71 bits per heavy atom. The van der Waals surface area contributed by atoms with Crippen molar-refractivity contribution in [3.05, 3.63) is 63.4 Å². The largest absolute Gasteiger partial charge is 0.287 e. The summed E-state index contributed by atoms with van der Waals surface area (Å²) in [6.45, 7) is 3.91. The molecular formula is C14H12BrNO. The standard InChI is InChI=1S/C14H12BrNO/c1-9-5-6-10(2)11(8-9)14(17)13-12(15)4-3-7-16-13/h3-8H,1-2H3. The molecular weight excluding hydrogens is 278 g/mol. The van der Waals surface area contributed by atoms with Crippen molar-refractivity contribution in [2.45, 2.75) is 13.8 Å². The van der Waals surface area contributed by atoms with Gasteiger partial charge in [-0.2, -0.15) is 0 Å². The number of nitrogens with zero attached hydrogens (tertiary/aromatic N) is 1. The van der Waals surface area contributed by atoms with Crippen LogP contribution in [0, 0.1) is 13.8 Å². The minimum atomic E-state index is -0.0429. The van der Waals surface area contributed by atoms with E-state index in [2.05, 4.69) is 20.9 Å². The Labute approximate surface area is 109 Å². The van der Waals surface area contributed by atoms with Crippen molar-refractivity contribution in [1.82, 2.24) is 4.98 Å². The van der Waals surface area contributed by atoms with Crippen LogP contribution in [0.3, 0.4) is 0 Å². The Kier molecular flexibility index (Phi) is 3.38. The summed E-state index contributed by atoms with van der Waals surface area (Å²) in [6, 6.07) is 9.48. The summed E-state index contributed by atoms with van der Waals surface area (Å²) in [4.78, 5) is 16.5. The second kappa shape index (κ2) is 4.80. The fraction of sp³-hybridized carbons (Fsp3) is 0.143. The van der Waals surface area contributed by atoms with Crippen LogP contribution in [0.2, 0.25) is 0 Å². The highest BCUT2D eigenvalue weighted by Gasteiger charge is 2.15. The van der Waals surface area contributed by atoms with Gasteiger partial charge in [0.15, 0.2) is 0 Å². The molecule has 0 unspecified atom stereocenters. The van der Waals surface area contributed by atoms with Gasteiger partial charge in [-0.1, -0.05) is 17.7 Å². The van der Waals surface area contributed by atoms with Gasteiger partial charge in [0, 0.05) is 16.2 Å². The summed E-state index contributed by atoms with van der Waals surface area (Å²) < 4.78 is 0.728. The van der Waals surface area contributed by atoms with Crippen LogP contribution < -0.4 is 0 Å². The summed E-state index contributed by atoms with van der Waals surface area (Å²) in [7, 11) is 0. The van der Waals surface area contributed by atoms with E-state index in [4.69, 9.17) is 0 Å². The Balaban J connectivity index is 2.51. The maximum Gasteiger partial charge on any atom is 0.212 e. The normalized spacial score (nSPS) is 10.3. The number of pyridine rings is 1. The van der Waals surface area contributed by atoms with Crippen LogP contribution in [0.1, 0.15) is 27.2 Å². The molecule has 2 aromatic rings. The van der Waals surface area contributed by atoms with E-state index in [9.17, 15) is 4.79 Å². The smallest absolute Gasteiger partial charge is 0.212 e. The van der Waals surface area contributed by atoms with Gasteiger partial charge in [0.25, 0.3) is 0 Å². The van der Waals surface area contributed by atoms with Crippen molar-refractivity contribution in [1.29, 1.82) is 0 Å². The van der Waals surface area contributed by atoms with E-state index in [-0.39, 0.29) is 5.78 Å². The molecule has 0 amide bonds. The first-order chi connectivity index (χ1) is 8.09. The predicted octanol–water partition coefficient (Wildman–Crippen LogP) is 3.69. The molecule has 0 N–H and O–H groups in total. The minimum absolute atomic E-state index is 0.0429. The lowest BCUT2D eigenvalue weighted by atomic mass is 10.00. The number of aryl methyl sites for hydroxylation is 2. The molecule has 0 aliphatic carbocycles. The maximum absolute atomic E-state index is 12.3. The maximum atomic E-state index is 12.3. The van der Waals surface area contributed by atoms with E-state index in [1.165, 1.54) is 0 Å². The Bertz CT molecular complexity index is 578. The summed E-state index contributed by atoms with van der Waals surface area (Å²) >= 11 is 3.35. The molecule has 0 fully saturated rings. The quantitative estimate of drug-likeness (QED) is 0.789. The number of benzene rings is 1. The molecule has 1 heterocycles. The third kappa shape index (κ3) is 2.44. The predicted molar refractivity (Wildman–Crippen MR) is 71.3 cm³/mol. The van der Waals surface area contributed by atoms with E-state index in [1.54, 1.807) is 12.3 Å². The summed E-state index contributed by atoms with van der Waals surface area (Å²) in [6.07, 6.45) is 1.63. The van der Waals surface area contributed by atoms with Gasteiger partial charge in [0.1, 0.15) is 5.69 Å². The zero-order valence-corrected chi connectivity index (χ0v) is 11.3. The van der Waals surface area contributed by atoms with Gasteiger partial charge in [-0.3, -0.25) is 9.78 Å².